The summed E-state index contributed by atoms with van der Waals surface area (Å²) in [5.41, 5.74) is 1.88. The highest BCUT2D eigenvalue weighted by atomic mass is 35.5. The zero-order chi connectivity index (χ0) is 23.6. The average molecular weight is 500 g/mol. The van der Waals surface area contributed by atoms with Gasteiger partial charge in [-0.1, -0.05) is 26.0 Å². The van der Waals surface area contributed by atoms with Crippen LogP contribution in [0.3, 0.4) is 0 Å². The van der Waals surface area contributed by atoms with Crippen molar-refractivity contribution in [2.45, 2.75) is 37.9 Å². The molecule has 0 radical (unpaired) electrons. The Morgan fingerprint density at radius 3 is 2.66 bits per heavy atom. The topological polar surface area (TPSA) is 90.3 Å². The molecule has 0 atom stereocenters. The summed E-state index contributed by atoms with van der Waals surface area (Å²) in [6.07, 6.45) is 2.72. The van der Waals surface area contributed by atoms with Gasteiger partial charge in [-0.05, 0) is 48.1 Å². The van der Waals surface area contributed by atoms with Gasteiger partial charge in [-0.15, -0.1) is 11.3 Å². The summed E-state index contributed by atoms with van der Waals surface area (Å²) in [4.78, 5) is 16.4. The number of carbonyl (C=O) groups excluding carboxylic acids is 1. The first-order valence-corrected chi connectivity index (χ1v) is 12.4. The Morgan fingerprint density at radius 2 is 2.09 bits per heavy atom. The van der Waals surface area contributed by atoms with E-state index in [1.165, 1.54) is 12.3 Å². The van der Waals surface area contributed by atoms with Crippen LogP contribution in [0.4, 0.5) is 9.18 Å². The summed E-state index contributed by atoms with van der Waals surface area (Å²) in [6, 6.07) is 4.55. The maximum atomic E-state index is 15.0. The van der Waals surface area contributed by atoms with Crippen LogP contribution in [-0.4, -0.2) is 31.2 Å². The number of rotatable bonds is 7. The molecule has 0 aliphatic carbocycles. The van der Waals surface area contributed by atoms with E-state index in [9.17, 15) is 17.6 Å². The van der Waals surface area contributed by atoms with Gasteiger partial charge in [-0.2, -0.15) is 0 Å². The molecule has 3 rings (SSSR count). The van der Waals surface area contributed by atoms with E-state index in [2.05, 4.69) is 9.72 Å². The van der Waals surface area contributed by atoms with Crippen molar-refractivity contribution in [2.24, 2.45) is 5.92 Å². The molecule has 11 heteroatoms. The highest BCUT2D eigenvalue weighted by Gasteiger charge is 2.29. The quantitative estimate of drug-likeness (QED) is 0.493. The van der Waals surface area contributed by atoms with E-state index in [0.717, 1.165) is 28.9 Å². The molecule has 0 saturated heterocycles. The molecular weight excluding hydrogens is 477 g/mol. The minimum atomic E-state index is -4.22. The van der Waals surface area contributed by atoms with Crippen LogP contribution in [0.25, 0.3) is 11.1 Å². The normalized spacial score (nSPS) is 11.7. The Kier molecular flexibility index (Phi) is 7.26. The third kappa shape index (κ3) is 5.13. The molecule has 1 amide bonds. The minimum Gasteiger partial charge on any atom is -0.452 e. The monoisotopic (exact) mass is 499 g/mol. The number of nitrogens with one attached hydrogen (secondary N) is 1. The maximum absolute atomic E-state index is 15.0. The van der Waals surface area contributed by atoms with Gasteiger partial charge in [-0.3, -0.25) is 0 Å². The van der Waals surface area contributed by atoms with Crippen LogP contribution in [0.5, 0.6) is 0 Å². The number of ether oxygens (including phenoxy) is 1. The molecule has 0 aliphatic rings. The summed E-state index contributed by atoms with van der Waals surface area (Å²) in [5, 5.41) is 0.239. The van der Waals surface area contributed by atoms with E-state index >= 15 is 0 Å². The molecule has 2 aromatic heterocycles. The average Bonchev–Trinajstić information content (AvgIpc) is 3.26. The first-order chi connectivity index (χ1) is 15.0. The van der Waals surface area contributed by atoms with Crippen LogP contribution in [0.1, 0.15) is 29.9 Å². The van der Waals surface area contributed by atoms with E-state index in [0.29, 0.717) is 23.1 Å². The fourth-order valence-electron chi connectivity index (χ4n) is 3.26. The maximum Gasteiger partial charge on any atom is 0.420 e. The number of thiophene rings is 1. The van der Waals surface area contributed by atoms with Gasteiger partial charge in [0.15, 0.2) is 0 Å². The first kappa shape index (κ1) is 24.2. The molecule has 0 spiro atoms. The van der Waals surface area contributed by atoms with Gasteiger partial charge in [0, 0.05) is 28.4 Å². The van der Waals surface area contributed by atoms with Crippen molar-refractivity contribution < 1.29 is 22.3 Å². The van der Waals surface area contributed by atoms with Crippen molar-refractivity contribution in [3.63, 3.8) is 0 Å². The number of imidazole rings is 1. The lowest BCUT2D eigenvalue weighted by molar-refractivity contribution is 0.177. The zero-order valence-corrected chi connectivity index (χ0v) is 20.4. The number of hydrogen-bond acceptors (Lipinski definition) is 6. The summed E-state index contributed by atoms with van der Waals surface area (Å²) in [6.45, 7) is 6.03. The second kappa shape index (κ2) is 9.60. The molecule has 1 N–H and O–H groups in total. The minimum absolute atomic E-state index is 0.0548. The Labute approximate surface area is 195 Å². The molecular formula is C21H23ClFN3O4S2. The third-order valence-electron chi connectivity index (χ3n) is 4.80. The Hall–Kier alpha value is -2.43. The summed E-state index contributed by atoms with van der Waals surface area (Å²) in [5.74, 6) is -0.226. The van der Waals surface area contributed by atoms with E-state index in [1.807, 2.05) is 18.6 Å². The Morgan fingerprint density at radius 1 is 1.38 bits per heavy atom. The molecule has 172 valence electrons. The van der Waals surface area contributed by atoms with Crippen molar-refractivity contribution >= 4 is 39.1 Å². The number of halogens is 2. The third-order valence-corrected chi connectivity index (χ3v) is 8.26. The molecule has 0 unspecified atom stereocenters. The van der Waals surface area contributed by atoms with E-state index in [1.54, 1.807) is 29.8 Å². The van der Waals surface area contributed by atoms with Crippen LogP contribution in [0, 0.1) is 18.7 Å². The number of methoxy groups -OCH3 is 1. The van der Waals surface area contributed by atoms with Crippen molar-refractivity contribution in [2.75, 3.05) is 7.11 Å². The lowest BCUT2D eigenvalue weighted by Crippen LogP contribution is -2.30. The number of benzene rings is 1. The summed E-state index contributed by atoms with van der Waals surface area (Å²) in [7, 11) is -3.14. The molecule has 2 heterocycles. The largest absolute Gasteiger partial charge is 0.452 e. The molecule has 32 heavy (non-hydrogen) atoms. The number of nitrogens with zero attached hydrogens (tertiary/aromatic N) is 2. The van der Waals surface area contributed by atoms with E-state index in [4.69, 9.17) is 11.6 Å². The molecule has 3 aromatic rings. The van der Waals surface area contributed by atoms with Gasteiger partial charge in [0.1, 0.15) is 10.0 Å². The molecule has 0 aliphatic heterocycles. The van der Waals surface area contributed by atoms with Crippen LogP contribution < -0.4 is 4.72 Å². The van der Waals surface area contributed by atoms with Gasteiger partial charge in [0.05, 0.1) is 13.7 Å². The second-order valence-corrected chi connectivity index (χ2v) is 11.0. The van der Waals surface area contributed by atoms with Crippen LogP contribution in [-0.2, 0) is 27.7 Å². The molecule has 0 saturated carbocycles. The van der Waals surface area contributed by atoms with Gasteiger partial charge >= 0.3 is 6.09 Å². The van der Waals surface area contributed by atoms with Gasteiger partial charge in [0.25, 0.3) is 10.0 Å². The Bertz CT molecular complexity index is 1250. The zero-order valence-electron chi connectivity index (χ0n) is 18.0. The van der Waals surface area contributed by atoms with Gasteiger partial charge in [0.2, 0.25) is 5.28 Å². The number of aromatic nitrogens is 2. The van der Waals surface area contributed by atoms with E-state index < -0.39 is 21.9 Å². The highest BCUT2D eigenvalue weighted by Crippen LogP contribution is 2.40. The van der Waals surface area contributed by atoms with Crippen molar-refractivity contribution in [1.82, 2.24) is 14.3 Å². The molecule has 0 bridgehead atoms. The molecule has 7 nitrogen and oxygen atoms in total. The summed E-state index contributed by atoms with van der Waals surface area (Å²) < 4.78 is 48.7. The predicted molar refractivity (Wildman–Crippen MR) is 122 cm³/mol. The molecule has 0 fully saturated rings. The van der Waals surface area contributed by atoms with Gasteiger partial charge < -0.3 is 9.30 Å². The fourth-order valence-corrected chi connectivity index (χ4v) is 6.50. The lowest BCUT2D eigenvalue weighted by atomic mass is 9.99. The molecule has 1 aromatic carbocycles. The number of amides is 1. The van der Waals surface area contributed by atoms with Crippen LogP contribution in [0.2, 0.25) is 5.28 Å². The van der Waals surface area contributed by atoms with Crippen molar-refractivity contribution in [3.8, 4) is 11.1 Å². The van der Waals surface area contributed by atoms with Crippen LogP contribution >= 0.6 is 22.9 Å². The smallest absolute Gasteiger partial charge is 0.420 e. The summed E-state index contributed by atoms with van der Waals surface area (Å²) >= 11 is 7.05. The van der Waals surface area contributed by atoms with Gasteiger partial charge in [-0.25, -0.2) is 27.3 Å². The Balaban J connectivity index is 2.09. The van der Waals surface area contributed by atoms with E-state index in [-0.39, 0.29) is 22.0 Å². The number of hydrogen-bond donors (Lipinski definition) is 1. The lowest BCUT2D eigenvalue weighted by Gasteiger charge is -2.11. The second-order valence-electron chi connectivity index (χ2n) is 7.64. The predicted octanol–water partition coefficient (Wildman–Crippen LogP) is 5.00. The SMILES string of the molecule is COC(=O)NS(=O)(=O)c1sc(CC(C)C)c(C)c1-c1ccc(Cn2ccnc2Cl)c(F)c1. The van der Waals surface area contributed by atoms with Crippen molar-refractivity contribution in [1.29, 1.82) is 0 Å². The fraction of sp³-hybridized carbons (Fsp3) is 0.333. The number of sulfonamides is 1. The number of carbonyl (C=O) groups is 1. The first-order valence-electron chi connectivity index (χ1n) is 9.72. The van der Waals surface area contributed by atoms with Crippen molar-refractivity contribution in [3.05, 3.63) is 57.7 Å². The standard InChI is InChI=1S/C21H23ClFN3O4S2/c1-12(2)9-17-13(3)18(19(31-17)32(28,29)25-21(27)30-4)14-5-6-15(16(23)10-14)11-26-8-7-24-20(26)22/h5-8,10,12H,9,11H2,1-4H3,(H,25,27). The highest BCUT2D eigenvalue weighted by molar-refractivity contribution is 7.92. The van der Waals surface area contributed by atoms with Crippen LogP contribution in [0.15, 0.2) is 34.8 Å².